The van der Waals surface area contributed by atoms with Crippen molar-refractivity contribution >= 4 is 23.3 Å². The number of carboxylic acids is 1. The molecule has 3 N–H and O–H groups in total. The number of carbonyl (C=O) groups is 1. The van der Waals surface area contributed by atoms with E-state index in [0.717, 1.165) is 5.56 Å². The van der Waals surface area contributed by atoms with Crippen molar-refractivity contribution in [2.24, 2.45) is 0 Å². The Labute approximate surface area is 81.1 Å². The summed E-state index contributed by atoms with van der Waals surface area (Å²) in [5.74, 6) is -0.914. The standard InChI is InChI=1S/C9H10ClNO2/c10-8(5-9(12)13)6-2-1-3-7(11)4-6/h1-4,8H,5,11H2,(H,12,13). The molecule has 0 spiro atoms. The third kappa shape index (κ3) is 2.95. The maximum atomic E-state index is 10.4. The third-order valence-corrected chi connectivity index (χ3v) is 2.03. The molecule has 1 aromatic rings. The molecule has 0 radical (unpaired) electrons. The first kappa shape index (κ1) is 9.86. The van der Waals surface area contributed by atoms with Crippen LogP contribution in [0.4, 0.5) is 5.69 Å². The number of nitrogens with two attached hydrogens (primary N) is 1. The molecule has 0 aliphatic rings. The number of hydrogen-bond donors (Lipinski definition) is 2. The van der Waals surface area contributed by atoms with Crippen LogP contribution in [-0.4, -0.2) is 11.1 Å². The highest BCUT2D eigenvalue weighted by Gasteiger charge is 2.11. The van der Waals surface area contributed by atoms with E-state index in [0.29, 0.717) is 5.69 Å². The Bertz CT molecular complexity index is 314. The molecule has 1 rings (SSSR count). The molecule has 1 unspecified atom stereocenters. The van der Waals surface area contributed by atoms with Gasteiger partial charge in [-0.25, -0.2) is 0 Å². The van der Waals surface area contributed by atoms with Gasteiger partial charge >= 0.3 is 5.97 Å². The van der Waals surface area contributed by atoms with Gasteiger partial charge in [0, 0.05) is 5.69 Å². The summed E-state index contributed by atoms with van der Waals surface area (Å²) in [5, 5.41) is 7.99. The molecule has 0 heterocycles. The average molecular weight is 200 g/mol. The van der Waals surface area contributed by atoms with Gasteiger partial charge in [0.25, 0.3) is 0 Å². The fourth-order valence-electron chi connectivity index (χ4n) is 1.03. The van der Waals surface area contributed by atoms with Gasteiger partial charge in [0.05, 0.1) is 11.8 Å². The molecule has 4 heteroatoms. The van der Waals surface area contributed by atoms with Gasteiger partial charge in [-0.15, -0.1) is 11.6 Å². The zero-order valence-electron chi connectivity index (χ0n) is 6.90. The Morgan fingerprint density at radius 3 is 2.85 bits per heavy atom. The van der Waals surface area contributed by atoms with Crippen molar-refractivity contribution in [3.05, 3.63) is 29.8 Å². The topological polar surface area (TPSA) is 63.3 Å². The second-order valence-electron chi connectivity index (χ2n) is 2.74. The second kappa shape index (κ2) is 4.14. The van der Waals surface area contributed by atoms with E-state index in [-0.39, 0.29) is 6.42 Å². The van der Waals surface area contributed by atoms with Crippen LogP contribution in [0.25, 0.3) is 0 Å². The molecule has 13 heavy (non-hydrogen) atoms. The molecule has 0 aliphatic carbocycles. The van der Waals surface area contributed by atoms with Gasteiger partial charge in [-0.05, 0) is 17.7 Å². The lowest BCUT2D eigenvalue weighted by Gasteiger charge is -2.06. The van der Waals surface area contributed by atoms with Crippen molar-refractivity contribution in [3.63, 3.8) is 0 Å². The average Bonchev–Trinajstić information content (AvgIpc) is 2.03. The largest absolute Gasteiger partial charge is 0.481 e. The van der Waals surface area contributed by atoms with E-state index < -0.39 is 11.3 Å². The van der Waals surface area contributed by atoms with Crippen molar-refractivity contribution < 1.29 is 9.90 Å². The number of rotatable bonds is 3. The first-order valence-electron chi connectivity index (χ1n) is 3.81. The predicted octanol–water partition coefficient (Wildman–Crippen LogP) is 2.02. The maximum absolute atomic E-state index is 10.4. The Morgan fingerprint density at radius 1 is 1.62 bits per heavy atom. The van der Waals surface area contributed by atoms with E-state index in [2.05, 4.69) is 0 Å². The van der Waals surface area contributed by atoms with Gasteiger partial charge in [0.1, 0.15) is 0 Å². The van der Waals surface area contributed by atoms with Crippen LogP contribution in [0.15, 0.2) is 24.3 Å². The minimum absolute atomic E-state index is 0.0923. The van der Waals surface area contributed by atoms with Crippen LogP contribution in [0.2, 0.25) is 0 Å². The van der Waals surface area contributed by atoms with Crippen LogP contribution < -0.4 is 5.73 Å². The highest BCUT2D eigenvalue weighted by atomic mass is 35.5. The molecule has 0 amide bonds. The van der Waals surface area contributed by atoms with Crippen molar-refractivity contribution in [1.82, 2.24) is 0 Å². The molecular weight excluding hydrogens is 190 g/mol. The lowest BCUT2D eigenvalue weighted by atomic mass is 10.1. The highest BCUT2D eigenvalue weighted by Crippen LogP contribution is 2.25. The fraction of sp³-hybridized carbons (Fsp3) is 0.222. The van der Waals surface area contributed by atoms with Crippen LogP contribution >= 0.6 is 11.6 Å². The number of nitrogen functional groups attached to an aromatic ring is 1. The first-order valence-corrected chi connectivity index (χ1v) is 4.24. The molecule has 0 fully saturated rings. The van der Waals surface area contributed by atoms with Crippen LogP contribution in [-0.2, 0) is 4.79 Å². The minimum Gasteiger partial charge on any atom is -0.481 e. The summed E-state index contributed by atoms with van der Waals surface area (Å²) in [6, 6.07) is 6.92. The van der Waals surface area contributed by atoms with Gasteiger partial charge in [-0.1, -0.05) is 12.1 Å². The van der Waals surface area contributed by atoms with Crippen LogP contribution in [0.3, 0.4) is 0 Å². The van der Waals surface area contributed by atoms with Crippen molar-refractivity contribution in [1.29, 1.82) is 0 Å². The lowest BCUT2D eigenvalue weighted by molar-refractivity contribution is -0.137. The van der Waals surface area contributed by atoms with Gasteiger partial charge in [-0.2, -0.15) is 0 Å². The van der Waals surface area contributed by atoms with Gasteiger partial charge < -0.3 is 10.8 Å². The number of carboxylic acid groups (broad SMARTS) is 1. The van der Waals surface area contributed by atoms with Crippen molar-refractivity contribution in [2.75, 3.05) is 5.73 Å². The second-order valence-corrected chi connectivity index (χ2v) is 3.26. The fourth-order valence-corrected chi connectivity index (χ4v) is 1.29. The van der Waals surface area contributed by atoms with E-state index in [1.165, 1.54) is 0 Å². The zero-order chi connectivity index (χ0) is 9.84. The molecule has 0 saturated carbocycles. The summed E-state index contributed by atoms with van der Waals surface area (Å²) in [6.45, 7) is 0. The summed E-state index contributed by atoms with van der Waals surface area (Å²) in [4.78, 5) is 10.4. The minimum atomic E-state index is -0.914. The normalized spacial score (nSPS) is 12.4. The Balaban J connectivity index is 2.76. The first-order chi connectivity index (χ1) is 6.09. The molecular formula is C9H10ClNO2. The predicted molar refractivity (Wildman–Crippen MR) is 51.7 cm³/mol. The lowest BCUT2D eigenvalue weighted by Crippen LogP contribution is -2.01. The summed E-state index contributed by atoms with van der Waals surface area (Å²) < 4.78 is 0. The Morgan fingerprint density at radius 2 is 2.31 bits per heavy atom. The highest BCUT2D eigenvalue weighted by molar-refractivity contribution is 6.21. The molecule has 1 aromatic carbocycles. The number of anilines is 1. The van der Waals surface area contributed by atoms with E-state index in [1.807, 2.05) is 0 Å². The number of benzene rings is 1. The number of hydrogen-bond acceptors (Lipinski definition) is 2. The van der Waals surface area contributed by atoms with Crippen molar-refractivity contribution in [2.45, 2.75) is 11.8 Å². The molecule has 1 atom stereocenters. The van der Waals surface area contributed by atoms with E-state index in [9.17, 15) is 4.79 Å². The summed E-state index contributed by atoms with van der Waals surface area (Å²) >= 11 is 5.84. The third-order valence-electron chi connectivity index (χ3n) is 1.63. The van der Waals surface area contributed by atoms with Crippen LogP contribution in [0.5, 0.6) is 0 Å². The van der Waals surface area contributed by atoms with E-state index in [4.69, 9.17) is 22.4 Å². The summed E-state index contributed by atoms with van der Waals surface area (Å²) in [7, 11) is 0. The van der Waals surface area contributed by atoms with E-state index >= 15 is 0 Å². The molecule has 70 valence electrons. The molecule has 3 nitrogen and oxygen atoms in total. The Hall–Kier alpha value is -1.22. The monoisotopic (exact) mass is 199 g/mol. The number of alkyl halides is 1. The maximum Gasteiger partial charge on any atom is 0.305 e. The smallest absolute Gasteiger partial charge is 0.305 e. The quantitative estimate of drug-likeness (QED) is 0.578. The van der Waals surface area contributed by atoms with Crippen molar-refractivity contribution in [3.8, 4) is 0 Å². The van der Waals surface area contributed by atoms with E-state index in [1.54, 1.807) is 24.3 Å². The molecule has 0 saturated heterocycles. The Kier molecular flexibility index (Phi) is 3.14. The number of halogens is 1. The molecule has 0 aromatic heterocycles. The van der Waals surface area contributed by atoms with Crippen LogP contribution in [0, 0.1) is 0 Å². The summed E-state index contributed by atoms with van der Waals surface area (Å²) in [5.41, 5.74) is 6.85. The summed E-state index contributed by atoms with van der Waals surface area (Å²) in [6.07, 6.45) is -0.0923. The number of aliphatic carboxylic acids is 1. The molecule has 0 bridgehead atoms. The zero-order valence-corrected chi connectivity index (χ0v) is 7.66. The SMILES string of the molecule is Nc1cccc(C(Cl)CC(=O)O)c1. The van der Waals surface area contributed by atoms with Crippen LogP contribution in [0.1, 0.15) is 17.4 Å². The van der Waals surface area contributed by atoms with Gasteiger partial charge in [-0.3, -0.25) is 4.79 Å². The van der Waals surface area contributed by atoms with Gasteiger partial charge in [0.2, 0.25) is 0 Å². The molecule has 0 aliphatic heterocycles. The van der Waals surface area contributed by atoms with Gasteiger partial charge in [0.15, 0.2) is 0 Å².